The second-order valence-electron chi connectivity index (χ2n) is 7.61. The van der Waals surface area contributed by atoms with Crippen LogP contribution < -0.4 is 4.74 Å². The van der Waals surface area contributed by atoms with E-state index in [0.717, 1.165) is 22.3 Å². The van der Waals surface area contributed by atoms with Crippen molar-refractivity contribution in [3.63, 3.8) is 0 Å². The van der Waals surface area contributed by atoms with Crippen LogP contribution in [0.1, 0.15) is 16.7 Å². The fraction of sp³-hybridized carbons (Fsp3) is 0.333. The molecule has 0 bridgehead atoms. The standard InChI is InChI=1S/C24H27N2O5/c1-25-23-20-16-18(31-15-12-26(28)10-13-30-14-11-26)8-9-19(20)21(22(23)24(27)29-2)17-6-4-3-5-7-17/h3-9,16,28H,10-15H2,1-2H3/q+1/b25-23+. The number of hydrogen-bond donors (Lipinski definition) is 1. The van der Waals surface area contributed by atoms with Crippen molar-refractivity contribution in [2.24, 2.45) is 4.99 Å². The Morgan fingerprint density at radius 2 is 1.87 bits per heavy atom. The van der Waals surface area contributed by atoms with Gasteiger partial charge in [0.05, 0.1) is 31.6 Å². The van der Waals surface area contributed by atoms with E-state index in [9.17, 15) is 10.0 Å². The summed E-state index contributed by atoms with van der Waals surface area (Å²) in [4.78, 5) is 17.1. The number of carbonyl (C=O) groups is 1. The van der Waals surface area contributed by atoms with Crippen LogP contribution in [0.3, 0.4) is 0 Å². The Labute approximate surface area is 181 Å². The second-order valence-corrected chi connectivity index (χ2v) is 7.61. The van der Waals surface area contributed by atoms with Crippen LogP contribution in [0.15, 0.2) is 59.1 Å². The third kappa shape index (κ3) is 4.25. The zero-order valence-corrected chi connectivity index (χ0v) is 17.8. The topological polar surface area (TPSA) is 77.4 Å². The van der Waals surface area contributed by atoms with Crippen molar-refractivity contribution in [1.82, 2.24) is 0 Å². The van der Waals surface area contributed by atoms with Gasteiger partial charge in [-0.05, 0) is 29.3 Å². The summed E-state index contributed by atoms with van der Waals surface area (Å²) >= 11 is 0. The molecule has 1 aliphatic heterocycles. The van der Waals surface area contributed by atoms with Crippen LogP contribution in [0.4, 0.5) is 0 Å². The lowest BCUT2D eigenvalue weighted by atomic mass is 9.97. The molecule has 31 heavy (non-hydrogen) atoms. The number of carbonyl (C=O) groups excluding carboxylic acids is 1. The summed E-state index contributed by atoms with van der Waals surface area (Å²) in [6.45, 7) is 3.08. The van der Waals surface area contributed by atoms with Crippen LogP contribution in [-0.2, 0) is 14.3 Å². The average molecular weight is 423 g/mol. The molecule has 1 fully saturated rings. The molecule has 0 atom stereocenters. The molecule has 0 saturated carbocycles. The molecule has 0 radical (unpaired) electrons. The van der Waals surface area contributed by atoms with Gasteiger partial charge in [-0.3, -0.25) is 4.99 Å². The molecule has 2 aromatic rings. The van der Waals surface area contributed by atoms with Crippen molar-refractivity contribution in [2.75, 3.05) is 53.6 Å². The van der Waals surface area contributed by atoms with E-state index in [2.05, 4.69) is 4.99 Å². The second kappa shape index (κ2) is 9.01. The lowest BCUT2D eigenvalue weighted by Crippen LogP contribution is -2.54. The predicted molar refractivity (Wildman–Crippen MR) is 116 cm³/mol. The van der Waals surface area contributed by atoms with Crippen molar-refractivity contribution < 1.29 is 28.9 Å². The molecule has 0 amide bonds. The quantitative estimate of drug-likeness (QED) is 0.571. The molecule has 1 aliphatic carbocycles. The highest BCUT2D eigenvalue weighted by atomic mass is 16.6. The molecule has 0 aromatic heterocycles. The first-order chi connectivity index (χ1) is 15.1. The Kier molecular flexibility index (Phi) is 6.18. The van der Waals surface area contributed by atoms with Crippen LogP contribution in [-0.4, -0.2) is 75.1 Å². The summed E-state index contributed by atoms with van der Waals surface area (Å²) in [5.74, 6) is 0.246. The monoisotopic (exact) mass is 423 g/mol. The number of aliphatic imine (C=N–C) groups is 1. The maximum absolute atomic E-state index is 12.7. The molecule has 7 heteroatoms. The highest BCUT2D eigenvalue weighted by Gasteiger charge is 2.34. The summed E-state index contributed by atoms with van der Waals surface area (Å²) in [5.41, 5.74) is 4.52. The molecule has 4 rings (SSSR count). The van der Waals surface area contributed by atoms with Gasteiger partial charge in [0.25, 0.3) is 0 Å². The Hall–Kier alpha value is -3.00. The molecule has 2 aromatic carbocycles. The average Bonchev–Trinajstić information content (AvgIpc) is 3.13. The van der Waals surface area contributed by atoms with Crippen LogP contribution >= 0.6 is 0 Å². The lowest BCUT2D eigenvalue weighted by Gasteiger charge is -2.33. The van der Waals surface area contributed by atoms with Crippen LogP contribution in [0.25, 0.3) is 5.57 Å². The molecule has 0 unspecified atom stereocenters. The third-order valence-corrected chi connectivity index (χ3v) is 5.76. The van der Waals surface area contributed by atoms with Crippen molar-refractivity contribution >= 4 is 17.3 Å². The number of hydrogen-bond acceptors (Lipinski definition) is 6. The van der Waals surface area contributed by atoms with E-state index in [1.807, 2.05) is 48.5 Å². The van der Waals surface area contributed by atoms with Crippen molar-refractivity contribution in [1.29, 1.82) is 0 Å². The zero-order chi connectivity index (χ0) is 21.8. The van der Waals surface area contributed by atoms with E-state index in [4.69, 9.17) is 14.2 Å². The van der Waals surface area contributed by atoms with E-state index >= 15 is 0 Å². The summed E-state index contributed by atoms with van der Waals surface area (Å²) in [6, 6.07) is 15.5. The minimum absolute atomic E-state index is 0.0428. The van der Waals surface area contributed by atoms with Gasteiger partial charge in [0, 0.05) is 18.2 Å². The van der Waals surface area contributed by atoms with Crippen molar-refractivity contribution in [3.05, 3.63) is 70.8 Å². The summed E-state index contributed by atoms with van der Waals surface area (Å²) in [7, 11) is 3.05. The van der Waals surface area contributed by atoms with E-state index in [-0.39, 0.29) is 4.65 Å². The van der Waals surface area contributed by atoms with Gasteiger partial charge in [-0.2, -0.15) is 4.65 Å². The first-order valence-corrected chi connectivity index (χ1v) is 10.4. The smallest absolute Gasteiger partial charge is 0.340 e. The first kappa shape index (κ1) is 21.2. The van der Waals surface area contributed by atoms with Gasteiger partial charge >= 0.3 is 5.97 Å². The van der Waals surface area contributed by atoms with Gasteiger partial charge < -0.3 is 14.2 Å². The summed E-state index contributed by atoms with van der Waals surface area (Å²) < 4.78 is 16.3. The lowest BCUT2D eigenvalue weighted by molar-refractivity contribution is -1.11. The molecule has 1 heterocycles. The highest BCUT2D eigenvalue weighted by Crippen LogP contribution is 2.40. The first-order valence-electron chi connectivity index (χ1n) is 10.4. The number of morpholine rings is 1. The zero-order valence-electron chi connectivity index (χ0n) is 17.8. The van der Waals surface area contributed by atoms with E-state index < -0.39 is 5.97 Å². The Balaban J connectivity index is 1.62. The van der Waals surface area contributed by atoms with Crippen molar-refractivity contribution in [2.45, 2.75) is 0 Å². The number of rotatable bonds is 6. The van der Waals surface area contributed by atoms with Gasteiger partial charge in [-0.1, -0.05) is 30.3 Å². The SMILES string of the molecule is C/N=C1/C(C(=O)OC)=C(c2ccccc2)c2ccc(OCC[N+]3(O)CCOCC3)cc21. The molecule has 2 aliphatic rings. The number of ether oxygens (including phenoxy) is 3. The summed E-state index contributed by atoms with van der Waals surface area (Å²) in [5, 5.41) is 10.6. The maximum atomic E-state index is 12.7. The molecule has 162 valence electrons. The number of nitrogens with zero attached hydrogens (tertiary/aromatic N) is 2. The Bertz CT molecular complexity index is 1020. The fourth-order valence-electron chi connectivity index (χ4n) is 4.09. The van der Waals surface area contributed by atoms with Gasteiger partial charge in [0.1, 0.15) is 32.0 Å². The molecular weight excluding hydrogens is 396 g/mol. The third-order valence-electron chi connectivity index (χ3n) is 5.76. The molecule has 1 saturated heterocycles. The van der Waals surface area contributed by atoms with E-state index in [1.165, 1.54) is 7.11 Å². The number of fused-ring (bicyclic) bond motifs is 1. The number of hydroxylamine groups is 3. The minimum atomic E-state index is -0.419. The molecule has 1 N–H and O–H groups in total. The van der Waals surface area contributed by atoms with Crippen molar-refractivity contribution in [3.8, 4) is 5.75 Å². The predicted octanol–water partition coefficient (Wildman–Crippen LogP) is 2.71. The minimum Gasteiger partial charge on any atom is -0.488 e. The molecule has 0 spiro atoms. The van der Waals surface area contributed by atoms with E-state index in [1.54, 1.807) is 7.05 Å². The van der Waals surface area contributed by atoms with Gasteiger partial charge in [-0.25, -0.2) is 10.0 Å². The summed E-state index contributed by atoms with van der Waals surface area (Å²) in [6.07, 6.45) is 0. The fourth-order valence-corrected chi connectivity index (χ4v) is 4.09. The maximum Gasteiger partial charge on any atom is 0.340 e. The van der Waals surface area contributed by atoms with Crippen LogP contribution in [0, 0.1) is 0 Å². The van der Waals surface area contributed by atoms with E-state index in [0.29, 0.717) is 56.5 Å². The number of methoxy groups -OCH3 is 1. The highest BCUT2D eigenvalue weighted by molar-refractivity contribution is 6.37. The molecule has 7 nitrogen and oxygen atoms in total. The number of quaternary nitrogens is 1. The normalized spacial score (nSPS) is 18.7. The van der Waals surface area contributed by atoms with Gasteiger partial charge in [-0.15, -0.1) is 0 Å². The largest absolute Gasteiger partial charge is 0.488 e. The Morgan fingerprint density at radius 1 is 1.13 bits per heavy atom. The van der Waals surface area contributed by atoms with Crippen LogP contribution in [0.2, 0.25) is 0 Å². The molecular formula is C24H27N2O5+. The number of benzene rings is 2. The van der Waals surface area contributed by atoms with Gasteiger partial charge in [0.15, 0.2) is 0 Å². The number of esters is 1. The van der Waals surface area contributed by atoms with Crippen LogP contribution in [0.5, 0.6) is 5.75 Å². The van der Waals surface area contributed by atoms with Gasteiger partial charge in [0.2, 0.25) is 0 Å². The Morgan fingerprint density at radius 3 is 2.55 bits per heavy atom.